The fourth-order valence-corrected chi connectivity index (χ4v) is 1.27. The standard InChI is InChI=1S/C14H8F3NO2/c15-14(16,17)13(20)9-12(19)11-6-4-10(5-7-11)3-1-2-8-18/h4-7H,2,9H2. The van der Waals surface area contributed by atoms with Crippen LogP contribution in [-0.4, -0.2) is 17.7 Å². The second-order valence-corrected chi connectivity index (χ2v) is 3.73. The zero-order valence-corrected chi connectivity index (χ0v) is 10.1. The molecule has 0 heterocycles. The Hall–Kier alpha value is -2.60. The Morgan fingerprint density at radius 1 is 1.15 bits per heavy atom. The maximum atomic E-state index is 12.0. The first kappa shape index (κ1) is 15.5. The number of nitrogens with zero attached hydrogens (tertiary/aromatic N) is 1. The number of carbonyl (C=O) groups excluding carboxylic acids is 2. The molecule has 20 heavy (non-hydrogen) atoms. The van der Waals surface area contributed by atoms with Crippen molar-refractivity contribution in [2.75, 3.05) is 0 Å². The third kappa shape index (κ3) is 4.58. The molecule has 0 spiro atoms. The molecule has 0 radical (unpaired) electrons. The van der Waals surface area contributed by atoms with Crippen LogP contribution >= 0.6 is 0 Å². The lowest BCUT2D eigenvalue weighted by molar-refractivity contribution is -0.170. The van der Waals surface area contributed by atoms with E-state index in [0.717, 1.165) is 0 Å². The van der Waals surface area contributed by atoms with E-state index in [-0.39, 0.29) is 12.0 Å². The van der Waals surface area contributed by atoms with Crippen molar-refractivity contribution in [3.8, 4) is 17.9 Å². The van der Waals surface area contributed by atoms with Gasteiger partial charge < -0.3 is 0 Å². The summed E-state index contributed by atoms with van der Waals surface area (Å²) < 4.78 is 36.0. The largest absolute Gasteiger partial charge is 0.450 e. The number of nitriles is 1. The van der Waals surface area contributed by atoms with Gasteiger partial charge in [0.2, 0.25) is 5.78 Å². The molecule has 102 valence electrons. The Bertz CT molecular complexity index is 613. The van der Waals surface area contributed by atoms with E-state index in [9.17, 15) is 22.8 Å². The van der Waals surface area contributed by atoms with Crippen LogP contribution in [0.15, 0.2) is 24.3 Å². The summed E-state index contributed by atoms with van der Waals surface area (Å²) in [4.78, 5) is 22.2. The number of halogens is 3. The lowest BCUT2D eigenvalue weighted by Crippen LogP contribution is -2.25. The molecule has 1 aromatic rings. The average Bonchev–Trinajstić information content (AvgIpc) is 2.38. The highest BCUT2D eigenvalue weighted by Gasteiger charge is 2.39. The summed E-state index contributed by atoms with van der Waals surface area (Å²) in [5.74, 6) is 2.23. The van der Waals surface area contributed by atoms with Crippen molar-refractivity contribution < 1.29 is 22.8 Å². The predicted octanol–water partition coefficient (Wildman–Crippen LogP) is 2.66. The smallest absolute Gasteiger partial charge is 0.294 e. The molecule has 0 aliphatic rings. The van der Waals surface area contributed by atoms with Gasteiger partial charge >= 0.3 is 6.18 Å². The van der Waals surface area contributed by atoms with Crippen LogP contribution in [0.5, 0.6) is 0 Å². The van der Waals surface area contributed by atoms with Crippen molar-refractivity contribution in [2.45, 2.75) is 19.0 Å². The minimum Gasteiger partial charge on any atom is -0.294 e. The minimum atomic E-state index is -5.00. The van der Waals surface area contributed by atoms with Crippen LogP contribution in [0.1, 0.15) is 28.8 Å². The molecule has 3 nitrogen and oxygen atoms in total. The summed E-state index contributed by atoms with van der Waals surface area (Å²) in [5, 5.41) is 8.29. The van der Waals surface area contributed by atoms with Crippen molar-refractivity contribution in [2.24, 2.45) is 0 Å². The number of rotatable bonds is 3. The van der Waals surface area contributed by atoms with Gasteiger partial charge in [0.1, 0.15) is 0 Å². The second kappa shape index (κ2) is 6.53. The highest BCUT2D eigenvalue weighted by atomic mass is 19.4. The molecular weight excluding hydrogens is 271 g/mol. The van der Waals surface area contributed by atoms with Gasteiger partial charge in [-0.2, -0.15) is 18.4 Å². The van der Waals surface area contributed by atoms with Gasteiger partial charge in [-0.3, -0.25) is 9.59 Å². The van der Waals surface area contributed by atoms with Crippen LogP contribution in [0.2, 0.25) is 0 Å². The van der Waals surface area contributed by atoms with Crippen molar-refractivity contribution in [1.82, 2.24) is 0 Å². The molecule has 0 N–H and O–H groups in total. The first-order valence-corrected chi connectivity index (χ1v) is 5.43. The summed E-state index contributed by atoms with van der Waals surface area (Å²) in [5.41, 5.74) is 0.535. The van der Waals surface area contributed by atoms with Crippen LogP contribution in [0.4, 0.5) is 13.2 Å². The van der Waals surface area contributed by atoms with Crippen molar-refractivity contribution in [3.05, 3.63) is 35.4 Å². The van der Waals surface area contributed by atoms with E-state index in [1.165, 1.54) is 24.3 Å². The Kier molecular flexibility index (Phi) is 5.05. The second-order valence-electron chi connectivity index (χ2n) is 3.73. The predicted molar refractivity (Wildman–Crippen MR) is 63.6 cm³/mol. The van der Waals surface area contributed by atoms with Crippen molar-refractivity contribution in [1.29, 1.82) is 5.26 Å². The SMILES string of the molecule is N#CCC#Cc1ccc(C(=O)CC(=O)C(F)(F)F)cc1. The van der Waals surface area contributed by atoms with Crippen LogP contribution in [0, 0.1) is 23.2 Å². The van der Waals surface area contributed by atoms with E-state index < -0.39 is 24.2 Å². The average molecular weight is 279 g/mol. The molecule has 0 fully saturated rings. The van der Waals surface area contributed by atoms with Crippen LogP contribution in [-0.2, 0) is 4.79 Å². The summed E-state index contributed by atoms with van der Waals surface area (Å²) in [6.45, 7) is 0. The Balaban J connectivity index is 2.75. The Morgan fingerprint density at radius 3 is 2.25 bits per heavy atom. The monoisotopic (exact) mass is 279 g/mol. The first-order valence-electron chi connectivity index (χ1n) is 5.43. The highest BCUT2D eigenvalue weighted by Crippen LogP contribution is 2.19. The maximum Gasteiger partial charge on any atom is 0.450 e. The fraction of sp³-hybridized carbons (Fsp3) is 0.214. The fourth-order valence-electron chi connectivity index (χ4n) is 1.27. The number of benzene rings is 1. The summed E-state index contributed by atoms with van der Waals surface area (Å²) in [6.07, 6.45) is -6.15. The third-order valence-electron chi connectivity index (χ3n) is 2.24. The zero-order valence-electron chi connectivity index (χ0n) is 10.1. The molecule has 0 aliphatic heterocycles. The van der Waals surface area contributed by atoms with Gasteiger partial charge in [0.25, 0.3) is 0 Å². The Morgan fingerprint density at radius 2 is 1.75 bits per heavy atom. The van der Waals surface area contributed by atoms with E-state index in [2.05, 4.69) is 11.8 Å². The lowest BCUT2D eigenvalue weighted by atomic mass is 10.0. The van der Waals surface area contributed by atoms with E-state index >= 15 is 0 Å². The van der Waals surface area contributed by atoms with Gasteiger partial charge in [-0.15, -0.1) is 0 Å². The lowest BCUT2D eigenvalue weighted by Gasteiger charge is -2.04. The maximum absolute atomic E-state index is 12.0. The molecule has 1 rings (SSSR count). The molecular formula is C14H8F3NO2. The van der Waals surface area contributed by atoms with Crippen LogP contribution in [0.3, 0.4) is 0 Å². The van der Waals surface area contributed by atoms with E-state index in [4.69, 9.17) is 5.26 Å². The molecule has 0 bridgehead atoms. The van der Waals surface area contributed by atoms with Gasteiger partial charge in [0.05, 0.1) is 18.9 Å². The van der Waals surface area contributed by atoms with Gasteiger partial charge in [-0.25, -0.2) is 0 Å². The molecule has 0 atom stereocenters. The minimum absolute atomic E-state index is 0.00781. The summed E-state index contributed by atoms with van der Waals surface area (Å²) in [7, 11) is 0. The van der Waals surface area contributed by atoms with Crippen LogP contribution < -0.4 is 0 Å². The number of alkyl halides is 3. The number of Topliss-reactive ketones (excluding diaryl/α,β-unsaturated/α-hetero) is 2. The van der Waals surface area contributed by atoms with Gasteiger partial charge in [-0.05, 0) is 12.1 Å². The van der Waals surface area contributed by atoms with Crippen molar-refractivity contribution >= 4 is 11.6 Å². The molecule has 0 saturated carbocycles. The normalized spacial score (nSPS) is 10.1. The molecule has 0 aliphatic carbocycles. The topological polar surface area (TPSA) is 57.9 Å². The van der Waals surface area contributed by atoms with E-state index in [0.29, 0.717) is 5.56 Å². The summed E-state index contributed by atoms with van der Waals surface area (Å²) in [6, 6.07) is 7.30. The highest BCUT2D eigenvalue weighted by molar-refractivity contribution is 6.09. The third-order valence-corrected chi connectivity index (χ3v) is 2.24. The number of hydrogen-bond acceptors (Lipinski definition) is 3. The molecule has 0 unspecified atom stereocenters. The zero-order chi connectivity index (χ0) is 15.2. The molecule has 1 aromatic carbocycles. The van der Waals surface area contributed by atoms with Gasteiger partial charge in [-0.1, -0.05) is 24.0 Å². The molecule has 0 saturated heterocycles. The first-order chi connectivity index (χ1) is 9.34. The number of ketones is 2. The number of hydrogen-bond donors (Lipinski definition) is 0. The number of carbonyl (C=O) groups is 2. The van der Waals surface area contributed by atoms with Crippen molar-refractivity contribution in [3.63, 3.8) is 0 Å². The van der Waals surface area contributed by atoms with E-state index in [1.807, 2.05) is 6.07 Å². The molecule has 6 heteroatoms. The van der Waals surface area contributed by atoms with E-state index in [1.54, 1.807) is 0 Å². The molecule has 0 aromatic heterocycles. The Labute approximate surface area is 113 Å². The van der Waals surface area contributed by atoms with Crippen LogP contribution in [0.25, 0.3) is 0 Å². The molecule has 0 amide bonds. The van der Waals surface area contributed by atoms with Gasteiger partial charge in [0, 0.05) is 11.1 Å². The van der Waals surface area contributed by atoms with Gasteiger partial charge in [0.15, 0.2) is 5.78 Å². The quantitative estimate of drug-likeness (QED) is 0.485. The summed E-state index contributed by atoms with van der Waals surface area (Å²) >= 11 is 0.